The van der Waals surface area contributed by atoms with E-state index in [4.69, 9.17) is 0 Å². The molecular weight excluding hydrogens is 339 g/mol. The summed E-state index contributed by atoms with van der Waals surface area (Å²) in [6.45, 7) is 0. The molecule has 8 nitrogen and oxygen atoms in total. The summed E-state index contributed by atoms with van der Waals surface area (Å²) in [5.74, 6) is -0.918. The Balaban J connectivity index is 1.97. The van der Waals surface area contributed by atoms with Crippen molar-refractivity contribution in [3.05, 3.63) is 43.2 Å². The van der Waals surface area contributed by atoms with Crippen molar-refractivity contribution in [1.29, 1.82) is 0 Å². The number of nitrogens with zero attached hydrogens (tertiary/aromatic N) is 6. The second kappa shape index (κ2) is 6.63. The van der Waals surface area contributed by atoms with Crippen molar-refractivity contribution in [2.75, 3.05) is 5.32 Å². The van der Waals surface area contributed by atoms with Crippen LogP contribution in [0, 0.1) is 0 Å². The van der Waals surface area contributed by atoms with Gasteiger partial charge in [-0.15, -0.1) is 0 Å². The van der Waals surface area contributed by atoms with E-state index in [1.54, 1.807) is 18.3 Å². The van der Waals surface area contributed by atoms with Crippen LogP contribution in [0.3, 0.4) is 0 Å². The highest BCUT2D eigenvalue weighted by atomic mass is 19.4. The molecule has 3 aromatic heterocycles. The Hall–Kier alpha value is -3.37. The van der Waals surface area contributed by atoms with E-state index in [1.165, 1.54) is 29.6 Å². The fraction of sp³-hybridized carbons (Fsp3) is 0.143. The van der Waals surface area contributed by atoms with E-state index in [0.717, 1.165) is 0 Å². The van der Waals surface area contributed by atoms with Gasteiger partial charge in [0, 0.05) is 24.0 Å². The van der Waals surface area contributed by atoms with Gasteiger partial charge < -0.3 is 5.32 Å². The third kappa shape index (κ3) is 4.34. The third-order valence-electron chi connectivity index (χ3n) is 2.91. The highest BCUT2D eigenvalue weighted by Crippen LogP contribution is 2.22. The largest absolute Gasteiger partial charge is 0.397 e. The molecule has 11 heteroatoms. The van der Waals surface area contributed by atoms with Gasteiger partial charge in [0.1, 0.15) is 24.9 Å². The number of amides is 1. The maximum atomic E-state index is 12.3. The van der Waals surface area contributed by atoms with Crippen molar-refractivity contribution >= 4 is 11.7 Å². The molecule has 128 valence electrons. The second-order valence-electron chi connectivity index (χ2n) is 4.86. The van der Waals surface area contributed by atoms with Gasteiger partial charge in [-0.25, -0.2) is 19.6 Å². The molecule has 1 N–H and O–H groups in total. The zero-order chi connectivity index (χ0) is 17.9. The molecule has 25 heavy (non-hydrogen) atoms. The summed E-state index contributed by atoms with van der Waals surface area (Å²) in [6, 6.07) is 4.63. The number of carbonyl (C=O) groups is 1. The molecule has 3 heterocycles. The molecule has 3 rings (SSSR count). The van der Waals surface area contributed by atoms with Crippen LogP contribution in [-0.4, -0.2) is 41.8 Å². The summed E-state index contributed by atoms with van der Waals surface area (Å²) in [7, 11) is 0. The number of rotatable bonds is 4. The fourth-order valence-corrected chi connectivity index (χ4v) is 1.94. The maximum absolute atomic E-state index is 12.3. The number of carbonyl (C=O) groups excluding carboxylic acids is 1. The highest BCUT2D eigenvalue weighted by Gasteiger charge is 2.31. The van der Waals surface area contributed by atoms with Crippen LogP contribution in [0.5, 0.6) is 0 Å². The highest BCUT2D eigenvalue weighted by molar-refractivity contribution is 5.90. The topological polar surface area (TPSA) is 98.5 Å². The van der Waals surface area contributed by atoms with E-state index in [2.05, 4.69) is 30.4 Å². The first-order valence-corrected chi connectivity index (χ1v) is 6.92. The van der Waals surface area contributed by atoms with Crippen LogP contribution < -0.4 is 5.32 Å². The van der Waals surface area contributed by atoms with Crippen LogP contribution >= 0.6 is 0 Å². The molecule has 0 radical (unpaired) electrons. The van der Waals surface area contributed by atoms with Crippen molar-refractivity contribution < 1.29 is 18.0 Å². The van der Waals surface area contributed by atoms with E-state index in [9.17, 15) is 18.0 Å². The minimum Gasteiger partial charge on any atom is -0.310 e. The van der Waals surface area contributed by atoms with Gasteiger partial charge in [-0.2, -0.15) is 18.3 Å². The zero-order valence-corrected chi connectivity index (χ0v) is 12.5. The fourth-order valence-electron chi connectivity index (χ4n) is 1.94. The quantitative estimate of drug-likeness (QED) is 0.774. The number of pyridine rings is 1. The molecule has 0 aliphatic rings. The average molecular weight is 349 g/mol. The molecule has 1 amide bonds. The van der Waals surface area contributed by atoms with Crippen molar-refractivity contribution in [2.45, 2.75) is 12.6 Å². The Kier molecular flexibility index (Phi) is 4.37. The molecule has 0 bridgehead atoms. The van der Waals surface area contributed by atoms with E-state index >= 15 is 0 Å². The number of alkyl halides is 3. The third-order valence-corrected chi connectivity index (χ3v) is 2.91. The van der Waals surface area contributed by atoms with Gasteiger partial charge in [0.05, 0.1) is 0 Å². The first-order valence-electron chi connectivity index (χ1n) is 6.92. The molecule has 0 spiro atoms. The van der Waals surface area contributed by atoms with Crippen molar-refractivity contribution in [2.24, 2.45) is 0 Å². The van der Waals surface area contributed by atoms with E-state index in [-0.39, 0.29) is 17.5 Å². The normalized spacial score (nSPS) is 11.3. The van der Waals surface area contributed by atoms with Crippen molar-refractivity contribution in [3.8, 4) is 17.2 Å². The lowest BCUT2D eigenvalue weighted by Crippen LogP contribution is -2.22. The summed E-state index contributed by atoms with van der Waals surface area (Å²) < 4.78 is 38.3. The van der Waals surface area contributed by atoms with Crippen LogP contribution in [0.2, 0.25) is 0 Å². The van der Waals surface area contributed by atoms with Gasteiger partial charge in [0.15, 0.2) is 11.6 Å². The van der Waals surface area contributed by atoms with E-state index in [1.807, 2.05) is 0 Å². The first-order chi connectivity index (χ1) is 11.9. The SMILES string of the molecule is O=C(CC(F)(F)F)Nc1cc(-n2cncn2)nc(-c2cccnc2)n1. The summed E-state index contributed by atoms with van der Waals surface area (Å²) in [4.78, 5) is 27.6. The van der Waals surface area contributed by atoms with Crippen LogP contribution in [0.15, 0.2) is 43.2 Å². The molecule has 0 saturated heterocycles. The average Bonchev–Trinajstić information content (AvgIpc) is 3.08. The molecule has 0 saturated carbocycles. The summed E-state index contributed by atoms with van der Waals surface area (Å²) in [5.41, 5.74) is 0.524. The van der Waals surface area contributed by atoms with Crippen LogP contribution in [-0.2, 0) is 4.79 Å². The Labute approximate surface area is 138 Å². The second-order valence-corrected chi connectivity index (χ2v) is 4.86. The molecule has 0 aliphatic heterocycles. The number of hydrogen-bond acceptors (Lipinski definition) is 6. The number of hydrogen-bond donors (Lipinski definition) is 1. The summed E-state index contributed by atoms with van der Waals surface area (Å²) >= 11 is 0. The van der Waals surface area contributed by atoms with Crippen LogP contribution in [0.25, 0.3) is 17.2 Å². The van der Waals surface area contributed by atoms with Crippen molar-refractivity contribution in [3.63, 3.8) is 0 Å². The lowest BCUT2D eigenvalue weighted by molar-refractivity contribution is -0.150. The minimum absolute atomic E-state index is 0.0893. The number of nitrogens with one attached hydrogen (secondary N) is 1. The smallest absolute Gasteiger partial charge is 0.310 e. The standard InChI is InChI=1S/C14H10F3N7O/c15-14(16,17)5-12(25)21-10-4-11(24-8-19-7-20-24)23-13(22-10)9-2-1-3-18-6-9/h1-4,6-8H,5H2,(H,21,22,23,25). The molecule has 0 unspecified atom stereocenters. The Morgan fingerprint density at radius 3 is 2.72 bits per heavy atom. The molecule has 0 aromatic carbocycles. The Bertz CT molecular complexity index is 866. The van der Waals surface area contributed by atoms with Gasteiger partial charge in [-0.05, 0) is 12.1 Å². The minimum atomic E-state index is -4.61. The summed E-state index contributed by atoms with van der Waals surface area (Å²) in [5, 5.41) is 6.03. The first kappa shape index (κ1) is 16.5. The summed E-state index contributed by atoms with van der Waals surface area (Å²) in [6.07, 6.45) is -0.557. The lowest BCUT2D eigenvalue weighted by atomic mass is 10.2. The Morgan fingerprint density at radius 2 is 2.08 bits per heavy atom. The van der Waals surface area contributed by atoms with Gasteiger partial charge in [-0.1, -0.05) is 0 Å². The molecule has 0 atom stereocenters. The van der Waals surface area contributed by atoms with E-state index < -0.39 is 18.5 Å². The monoisotopic (exact) mass is 349 g/mol. The predicted molar refractivity (Wildman–Crippen MR) is 79.5 cm³/mol. The molecular formula is C14H10F3N7O. The zero-order valence-electron chi connectivity index (χ0n) is 12.5. The van der Waals surface area contributed by atoms with Crippen LogP contribution in [0.4, 0.5) is 19.0 Å². The van der Waals surface area contributed by atoms with Gasteiger partial charge >= 0.3 is 6.18 Å². The van der Waals surface area contributed by atoms with Crippen LogP contribution in [0.1, 0.15) is 6.42 Å². The van der Waals surface area contributed by atoms with Gasteiger partial charge in [0.2, 0.25) is 5.91 Å². The van der Waals surface area contributed by atoms with Gasteiger partial charge in [-0.3, -0.25) is 9.78 Å². The molecule has 0 aliphatic carbocycles. The maximum Gasteiger partial charge on any atom is 0.397 e. The molecule has 3 aromatic rings. The number of anilines is 1. The number of aromatic nitrogens is 6. The molecule has 0 fully saturated rings. The Morgan fingerprint density at radius 1 is 1.24 bits per heavy atom. The van der Waals surface area contributed by atoms with Crippen molar-refractivity contribution in [1.82, 2.24) is 29.7 Å². The number of halogens is 3. The van der Waals surface area contributed by atoms with E-state index in [0.29, 0.717) is 5.56 Å². The lowest BCUT2D eigenvalue weighted by Gasteiger charge is -2.10. The van der Waals surface area contributed by atoms with Gasteiger partial charge in [0.25, 0.3) is 0 Å². The predicted octanol–water partition coefficient (Wildman–Crippen LogP) is 2.01.